The van der Waals surface area contributed by atoms with Crippen LogP contribution in [0.25, 0.3) is 11.1 Å². The molecule has 2 nitrogen and oxygen atoms in total. The summed E-state index contributed by atoms with van der Waals surface area (Å²) in [6.45, 7) is 0. The highest BCUT2D eigenvalue weighted by atomic mass is 35.5. The Labute approximate surface area is 177 Å². The van der Waals surface area contributed by atoms with Crippen LogP contribution in [0.3, 0.4) is 0 Å². The molecule has 0 fully saturated rings. The first-order chi connectivity index (χ1) is 12.5. The van der Waals surface area contributed by atoms with Crippen molar-refractivity contribution in [2.24, 2.45) is 0 Å². The van der Waals surface area contributed by atoms with Crippen LogP contribution >= 0.6 is 66.7 Å². The van der Waals surface area contributed by atoms with Gasteiger partial charge >= 0.3 is 8.69 Å². The Hall–Kier alpha value is -0.990. The first kappa shape index (κ1) is 21.3. The maximum atomic E-state index is 10.2. The van der Waals surface area contributed by atoms with Crippen molar-refractivity contribution in [3.8, 4) is 16.9 Å². The van der Waals surface area contributed by atoms with Crippen LogP contribution < -0.4 is 4.52 Å². The summed E-state index contributed by atoms with van der Waals surface area (Å²) >= 11 is 28.6. The molecule has 134 valence electrons. The molecule has 3 aromatic rings. The first-order valence-electron chi connectivity index (χ1n) is 7.09. The fraction of sp³-hybridized carbons (Fsp3) is 0. The van der Waals surface area contributed by atoms with Crippen molar-refractivity contribution in [3.05, 3.63) is 85.8 Å². The van der Waals surface area contributed by atoms with E-state index in [1.54, 1.807) is 0 Å². The van der Waals surface area contributed by atoms with Crippen LogP contribution in [-0.2, 0) is 4.57 Å². The molecule has 0 radical (unpaired) electrons. The molecule has 8 heteroatoms. The van der Waals surface area contributed by atoms with Gasteiger partial charge in [0.25, 0.3) is 0 Å². The minimum Gasteiger partial charge on any atom is -0.404 e. The summed E-state index contributed by atoms with van der Waals surface area (Å²) in [6.07, 6.45) is 0. The van der Waals surface area contributed by atoms with Gasteiger partial charge < -0.3 is 4.52 Å². The molecule has 0 spiro atoms. The zero-order valence-electron chi connectivity index (χ0n) is 12.9. The molecule has 0 aromatic heterocycles. The Morgan fingerprint density at radius 1 is 0.577 bits per heavy atom. The number of benzene rings is 3. The molecule has 0 unspecified atom stereocenters. The third kappa shape index (κ3) is 5.27. The molecule has 0 saturated carbocycles. The zero-order valence-corrected chi connectivity index (χ0v) is 17.6. The molecule has 26 heavy (non-hydrogen) atoms. The highest BCUT2D eigenvalue weighted by molar-refractivity contribution is 7.17. The van der Waals surface area contributed by atoms with E-state index in [1.165, 1.54) is 11.1 Å². The van der Waals surface area contributed by atoms with Crippen molar-refractivity contribution < 1.29 is 9.09 Å². The normalized spacial score (nSPS) is 10.2. The summed E-state index contributed by atoms with van der Waals surface area (Å²) in [5.74, 6) is -0.0654. The predicted molar refractivity (Wildman–Crippen MR) is 112 cm³/mol. The summed E-state index contributed by atoms with van der Waals surface area (Å²) in [7, 11) is -0.617. The minimum absolute atomic E-state index is 0.00128. The smallest absolute Gasteiger partial charge is 0.395 e. The van der Waals surface area contributed by atoms with Crippen molar-refractivity contribution in [2.45, 2.75) is 0 Å². The van der Waals surface area contributed by atoms with Gasteiger partial charge in [-0.3, -0.25) is 0 Å². The number of hydrogen-bond acceptors (Lipinski definition) is 2. The lowest BCUT2D eigenvalue weighted by Crippen LogP contribution is -1.84. The zero-order chi connectivity index (χ0) is 19.1. The van der Waals surface area contributed by atoms with Gasteiger partial charge in [0.05, 0.1) is 15.1 Å². The van der Waals surface area contributed by atoms with Crippen LogP contribution in [0.5, 0.6) is 5.75 Å². The Balaban J connectivity index is 0.000000189. The van der Waals surface area contributed by atoms with Crippen LogP contribution in [0.15, 0.2) is 60.7 Å². The number of rotatable bonds is 3. The van der Waals surface area contributed by atoms with E-state index >= 15 is 0 Å². The summed E-state index contributed by atoms with van der Waals surface area (Å²) in [4.78, 5) is 0. The summed E-state index contributed by atoms with van der Waals surface area (Å²) < 4.78 is 14.8. The molecule has 3 rings (SSSR count). The van der Waals surface area contributed by atoms with Gasteiger partial charge in [-0.2, -0.15) is 0 Å². The van der Waals surface area contributed by atoms with Crippen molar-refractivity contribution >= 4 is 66.7 Å². The Bertz CT molecular complexity index is 823. The molecule has 0 atom stereocenters. The Morgan fingerprint density at radius 2 is 0.923 bits per heavy atom. The molecule has 0 N–H and O–H groups in total. The molecule has 0 bridgehead atoms. The molecular weight excluding hydrogens is 456 g/mol. The van der Waals surface area contributed by atoms with Crippen LogP contribution in [0.1, 0.15) is 0 Å². The van der Waals surface area contributed by atoms with Crippen LogP contribution in [0.2, 0.25) is 25.1 Å². The van der Waals surface area contributed by atoms with E-state index in [0.29, 0.717) is 0 Å². The molecule has 0 aliphatic carbocycles. The Kier molecular flexibility index (Phi) is 8.50. The maximum absolute atomic E-state index is 10.2. The van der Waals surface area contributed by atoms with Gasteiger partial charge in [-0.05, 0) is 11.1 Å². The van der Waals surface area contributed by atoms with Gasteiger partial charge in [0, 0.05) is 0 Å². The third-order valence-corrected chi connectivity index (χ3v) is 5.68. The topological polar surface area (TPSA) is 26.3 Å². The molecule has 0 saturated heterocycles. The fourth-order valence-electron chi connectivity index (χ4n) is 1.96. The van der Waals surface area contributed by atoms with E-state index in [2.05, 4.69) is 53.1 Å². The minimum atomic E-state index is -0.617. The van der Waals surface area contributed by atoms with Crippen molar-refractivity contribution in [2.75, 3.05) is 0 Å². The monoisotopic (exact) mass is 464 g/mol. The number of hydrogen-bond donors (Lipinski definition) is 0. The molecule has 0 amide bonds. The Morgan fingerprint density at radius 3 is 1.27 bits per heavy atom. The standard InChI is InChI=1S/C12H10.C6Cl5O2P/c1-3-7-11(8-4-1)12-9-5-2-6-10-12;7-1-2(8)4(10)6(13-14-12)5(11)3(1)9/h1-10H;. The predicted octanol–water partition coefficient (Wildman–Crippen LogP) is 8.89. The second-order valence-electron chi connectivity index (χ2n) is 4.80. The van der Waals surface area contributed by atoms with Gasteiger partial charge in [0.15, 0.2) is 5.75 Å². The van der Waals surface area contributed by atoms with Gasteiger partial charge in [-0.25, -0.2) is 4.57 Å². The average Bonchev–Trinajstić information content (AvgIpc) is 2.70. The van der Waals surface area contributed by atoms with Crippen molar-refractivity contribution in [1.29, 1.82) is 0 Å². The quantitative estimate of drug-likeness (QED) is 0.219. The van der Waals surface area contributed by atoms with Crippen LogP contribution in [0, 0.1) is 0 Å². The molecule has 0 heterocycles. The first-order valence-corrected chi connectivity index (χ1v) is 9.71. The molecule has 0 aliphatic rings. The molecule has 3 aromatic carbocycles. The summed E-state index contributed by atoms with van der Waals surface area (Å²) in [5.41, 5.74) is 2.55. The van der Waals surface area contributed by atoms with E-state index in [-0.39, 0.29) is 30.9 Å². The third-order valence-electron chi connectivity index (χ3n) is 3.18. The summed E-state index contributed by atoms with van der Waals surface area (Å²) in [6, 6.07) is 20.8. The van der Waals surface area contributed by atoms with E-state index < -0.39 is 8.69 Å². The van der Waals surface area contributed by atoms with E-state index in [9.17, 15) is 4.57 Å². The second-order valence-corrected chi connectivity index (χ2v) is 7.02. The van der Waals surface area contributed by atoms with E-state index in [0.717, 1.165) is 0 Å². The lowest BCUT2D eigenvalue weighted by Gasteiger charge is -2.08. The van der Waals surface area contributed by atoms with Gasteiger partial charge in [0.2, 0.25) is 0 Å². The van der Waals surface area contributed by atoms with Crippen molar-refractivity contribution in [1.82, 2.24) is 0 Å². The van der Waals surface area contributed by atoms with E-state index in [4.69, 9.17) is 58.0 Å². The number of halogens is 5. The molecule has 0 aliphatic heterocycles. The maximum Gasteiger partial charge on any atom is 0.395 e. The SMILES string of the molecule is O=POc1c(Cl)c(Cl)c(Cl)c(Cl)c1Cl.c1ccc(-c2ccccc2)cc1. The lowest BCUT2D eigenvalue weighted by molar-refractivity contribution is 0.525. The lowest BCUT2D eigenvalue weighted by atomic mass is 10.1. The fourth-order valence-corrected chi connectivity index (χ4v) is 3.53. The highest BCUT2D eigenvalue weighted by Gasteiger charge is 2.20. The van der Waals surface area contributed by atoms with Gasteiger partial charge in [0.1, 0.15) is 10.0 Å². The van der Waals surface area contributed by atoms with E-state index in [1.807, 2.05) is 12.1 Å². The molecular formula is C18H10Cl5O2P. The summed E-state index contributed by atoms with van der Waals surface area (Å²) in [5, 5.41) is -0.0372. The van der Waals surface area contributed by atoms with Gasteiger partial charge in [-0.1, -0.05) is 119 Å². The van der Waals surface area contributed by atoms with Gasteiger partial charge in [-0.15, -0.1) is 0 Å². The second kappa shape index (κ2) is 10.4. The average molecular weight is 467 g/mol. The highest BCUT2D eigenvalue weighted by Crippen LogP contribution is 2.48. The van der Waals surface area contributed by atoms with Crippen molar-refractivity contribution in [3.63, 3.8) is 0 Å². The van der Waals surface area contributed by atoms with Crippen LogP contribution in [-0.4, -0.2) is 0 Å². The largest absolute Gasteiger partial charge is 0.404 e. The van der Waals surface area contributed by atoms with Crippen LogP contribution in [0.4, 0.5) is 0 Å².